The van der Waals surface area contributed by atoms with E-state index in [4.69, 9.17) is 4.74 Å². The Hall–Kier alpha value is -0.860. The summed E-state index contributed by atoms with van der Waals surface area (Å²) < 4.78 is 5.89. The Bertz CT molecular complexity index is 346. The first-order valence-electron chi connectivity index (χ1n) is 6.53. The van der Waals surface area contributed by atoms with Crippen molar-refractivity contribution in [3.05, 3.63) is 35.4 Å². The molecule has 0 amide bonds. The molecule has 1 atom stereocenters. The highest BCUT2D eigenvalue weighted by atomic mass is 16.5. The average Bonchev–Trinajstić information content (AvgIpc) is 2.33. The predicted molar refractivity (Wildman–Crippen MR) is 71.3 cm³/mol. The highest BCUT2D eigenvalue weighted by Crippen LogP contribution is 2.15. The molecule has 2 rings (SSSR count). The third kappa shape index (κ3) is 3.55. The molecular formula is C15H23NO. The molecule has 0 aromatic heterocycles. The van der Waals surface area contributed by atoms with Gasteiger partial charge in [0.05, 0.1) is 12.7 Å². The number of hydrogen-bond acceptors (Lipinski definition) is 2. The Morgan fingerprint density at radius 1 is 1.24 bits per heavy atom. The predicted octanol–water partition coefficient (Wildman–Crippen LogP) is 2.56. The Kier molecular flexibility index (Phi) is 3.85. The van der Waals surface area contributed by atoms with Gasteiger partial charge in [0.2, 0.25) is 0 Å². The fourth-order valence-electron chi connectivity index (χ4n) is 2.13. The Morgan fingerprint density at radius 3 is 2.41 bits per heavy atom. The number of hydrogen-bond donors (Lipinski definition) is 1. The molecule has 0 bridgehead atoms. The molecular weight excluding hydrogens is 210 g/mol. The molecule has 0 spiro atoms. The van der Waals surface area contributed by atoms with E-state index in [1.807, 2.05) is 0 Å². The first kappa shape index (κ1) is 12.6. The quantitative estimate of drug-likeness (QED) is 0.866. The van der Waals surface area contributed by atoms with Crippen molar-refractivity contribution < 1.29 is 4.74 Å². The molecule has 0 saturated carbocycles. The highest BCUT2D eigenvalue weighted by molar-refractivity contribution is 5.23. The van der Waals surface area contributed by atoms with Crippen LogP contribution >= 0.6 is 0 Å². The van der Waals surface area contributed by atoms with Crippen molar-refractivity contribution in [2.24, 2.45) is 0 Å². The van der Waals surface area contributed by atoms with Crippen LogP contribution in [-0.2, 0) is 17.6 Å². The van der Waals surface area contributed by atoms with Gasteiger partial charge in [-0.3, -0.25) is 0 Å². The number of rotatable bonds is 3. The van der Waals surface area contributed by atoms with Crippen molar-refractivity contribution in [3.63, 3.8) is 0 Å². The molecule has 2 heteroatoms. The first-order valence-corrected chi connectivity index (χ1v) is 6.53. The standard InChI is InChI=1S/C15H23NO/c1-4-12-5-7-13(8-6-12)9-14-10-16-15(2,3)11-17-14/h5-8,14,16H,4,9-11H2,1-3H3. The zero-order valence-corrected chi connectivity index (χ0v) is 11.1. The molecule has 1 aliphatic heterocycles. The van der Waals surface area contributed by atoms with Crippen LogP contribution in [0.25, 0.3) is 0 Å². The van der Waals surface area contributed by atoms with Gasteiger partial charge >= 0.3 is 0 Å². The van der Waals surface area contributed by atoms with Crippen LogP contribution in [0.3, 0.4) is 0 Å². The lowest BCUT2D eigenvalue weighted by Gasteiger charge is -2.36. The molecule has 1 heterocycles. The second-order valence-electron chi connectivity index (χ2n) is 5.57. The molecule has 0 aliphatic carbocycles. The smallest absolute Gasteiger partial charge is 0.0740 e. The zero-order chi connectivity index (χ0) is 12.3. The van der Waals surface area contributed by atoms with Gasteiger partial charge in [0.25, 0.3) is 0 Å². The fraction of sp³-hybridized carbons (Fsp3) is 0.600. The third-order valence-electron chi connectivity index (χ3n) is 3.38. The van der Waals surface area contributed by atoms with Crippen molar-refractivity contribution >= 4 is 0 Å². The van der Waals surface area contributed by atoms with Gasteiger partial charge in [-0.15, -0.1) is 0 Å². The van der Waals surface area contributed by atoms with Gasteiger partial charge in [-0.25, -0.2) is 0 Å². The van der Waals surface area contributed by atoms with Crippen LogP contribution in [0.15, 0.2) is 24.3 Å². The normalized spacial score (nSPS) is 23.6. The molecule has 2 nitrogen and oxygen atoms in total. The number of aryl methyl sites for hydroxylation is 1. The van der Waals surface area contributed by atoms with E-state index in [0.717, 1.165) is 26.0 Å². The number of nitrogens with one attached hydrogen (secondary N) is 1. The minimum atomic E-state index is 0.128. The summed E-state index contributed by atoms with van der Waals surface area (Å²) >= 11 is 0. The van der Waals surface area contributed by atoms with Crippen LogP contribution in [0.4, 0.5) is 0 Å². The highest BCUT2D eigenvalue weighted by Gasteiger charge is 2.26. The van der Waals surface area contributed by atoms with E-state index in [-0.39, 0.29) is 5.54 Å². The largest absolute Gasteiger partial charge is 0.375 e. The molecule has 1 aromatic rings. The summed E-state index contributed by atoms with van der Waals surface area (Å²) in [6.45, 7) is 8.29. The van der Waals surface area contributed by atoms with E-state index in [0.29, 0.717) is 6.10 Å². The van der Waals surface area contributed by atoms with Crippen LogP contribution in [0.2, 0.25) is 0 Å². The number of ether oxygens (including phenoxy) is 1. The van der Waals surface area contributed by atoms with Crippen molar-refractivity contribution in [1.29, 1.82) is 0 Å². The molecule has 1 N–H and O–H groups in total. The van der Waals surface area contributed by atoms with Gasteiger partial charge in [-0.05, 0) is 37.8 Å². The molecule has 1 aromatic carbocycles. The number of morpholine rings is 1. The topological polar surface area (TPSA) is 21.3 Å². The lowest BCUT2D eigenvalue weighted by molar-refractivity contribution is -0.0206. The second-order valence-corrected chi connectivity index (χ2v) is 5.57. The van der Waals surface area contributed by atoms with E-state index in [2.05, 4.69) is 50.4 Å². The van der Waals surface area contributed by atoms with E-state index in [9.17, 15) is 0 Å². The minimum absolute atomic E-state index is 0.128. The maximum Gasteiger partial charge on any atom is 0.0740 e. The summed E-state index contributed by atoms with van der Waals surface area (Å²) in [7, 11) is 0. The second kappa shape index (κ2) is 5.19. The lowest BCUT2D eigenvalue weighted by atomic mass is 10.0. The van der Waals surface area contributed by atoms with Crippen LogP contribution in [0, 0.1) is 0 Å². The SMILES string of the molecule is CCc1ccc(CC2CNC(C)(C)CO2)cc1. The summed E-state index contributed by atoms with van der Waals surface area (Å²) in [6.07, 6.45) is 2.43. The summed E-state index contributed by atoms with van der Waals surface area (Å²) in [5.41, 5.74) is 2.90. The molecule has 1 aliphatic rings. The van der Waals surface area contributed by atoms with Crippen LogP contribution in [0.1, 0.15) is 31.9 Å². The molecule has 1 unspecified atom stereocenters. The zero-order valence-electron chi connectivity index (χ0n) is 11.1. The Morgan fingerprint density at radius 2 is 1.88 bits per heavy atom. The van der Waals surface area contributed by atoms with Gasteiger partial charge in [-0.1, -0.05) is 31.2 Å². The maximum absolute atomic E-state index is 5.89. The van der Waals surface area contributed by atoms with E-state index in [1.165, 1.54) is 11.1 Å². The van der Waals surface area contributed by atoms with Gasteiger partial charge in [0.15, 0.2) is 0 Å². The van der Waals surface area contributed by atoms with E-state index in [1.54, 1.807) is 0 Å². The van der Waals surface area contributed by atoms with Crippen molar-refractivity contribution in [3.8, 4) is 0 Å². The first-order chi connectivity index (χ1) is 8.09. The summed E-state index contributed by atoms with van der Waals surface area (Å²) in [5, 5.41) is 3.53. The van der Waals surface area contributed by atoms with E-state index >= 15 is 0 Å². The van der Waals surface area contributed by atoms with Gasteiger partial charge in [0, 0.05) is 12.1 Å². The van der Waals surface area contributed by atoms with E-state index < -0.39 is 0 Å². The minimum Gasteiger partial charge on any atom is -0.375 e. The summed E-state index contributed by atoms with van der Waals surface area (Å²) in [5.74, 6) is 0. The average molecular weight is 233 g/mol. The van der Waals surface area contributed by atoms with Crippen LogP contribution in [-0.4, -0.2) is 24.8 Å². The Balaban J connectivity index is 1.89. The third-order valence-corrected chi connectivity index (χ3v) is 3.38. The summed E-state index contributed by atoms with van der Waals surface area (Å²) in [6, 6.07) is 8.88. The maximum atomic E-state index is 5.89. The molecule has 17 heavy (non-hydrogen) atoms. The van der Waals surface area contributed by atoms with Crippen molar-refractivity contribution in [1.82, 2.24) is 5.32 Å². The van der Waals surface area contributed by atoms with Crippen LogP contribution in [0.5, 0.6) is 0 Å². The van der Waals surface area contributed by atoms with Crippen molar-refractivity contribution in [2.75, 3.05) is 13.2 Å². The molecule has 0 radical (unpaired) electrons. The molecule has 94 valence electrons. The summed E-state index contributed by atoms with van der Waals surface area (Å²) in [4.78, 5) is 0. The van der Waals surface area contributed by atoms with Crippen LogP contribution < -0.4 is 5.32 Å². The lowest BCUT2D eigenvalue weighted by Crippen LogP contribution is -2.53. The molecule has 1 saturated heterocycles. The number of benzene rings is 1. The van der Waals surface area contributed by atoms with Gasteiger partial charge in [-0.2, -0.15) is 0 Å². The van der Waals surface area contributed by atoms with Crippen molar-refractivity contribution in [2.45, 2.75) is 45.3 Å². The monoisotopic (exact) mass is 233 g/mol. The van der Waals surface area contributed by atoms with Gasteiger partial charge < -0.3 is 10.1 Å². The fourth-order valence-corrected chi connectivity index (χ4v) is 2.13. The molecule has 1 fully saturated rings. The Labute approximate surface area is 104 Å². The van der Waals surface area contributed by atoms with Gasteiger partial charge in [0.1, 0.15) is 0 Å².